The first-order chi connectivity index (χ1) is 8.04. The molecule has 4 N–H and O–H groups in total. The van der Waals surface area contributed by atoms with Gasteiger partial charge in [0.05, 0.1) is 0 Å². The number of carbonyl (C=O) groups excluding carboxylic acids is 1. The molecule has 17 heavy (non-hydrogen) atoms. The molecule has 0 spiro atoms. The van der Waals surface area contributed by atoms with Crippen molar-refractivity contribution in [2.75, 3.05) is 11.1 Å². The van der Waals surface area contributed by atoms with Gasteiger partial charge in [-0.3, -0.25) is 4.79 Å². The van der Waals surface area contributed by atoms with Gasteiger partial charge < -0.3 is 16.0 Å². The van der Waals surface area contributed by atoms with Crippen LogP contribution in [0.4, 0.5) is 11.4 Å². The number of amides is 1. The van der Waals surface area contributed by atoms with E-state index in [-0.39, 0.29) is 5.91 Å². The highest BCUT2D eigenvalue weighted by atomic mass is 35.5. The zero-order chi connectivity index (χ0) is 12.4. The van der Waals surface area contributed by atoms with Crippen LogP contribution in [0, 0.1) is 0 Å². The van der Waals surface area contributed by atoms with Crippen LogP contribution < -0.4 is 11.1 Å². The van der Waals surface area contributed by atoms with Crippen molar-refractivity contribution in [3.05, 3.63) is 46.2 Å². The van der Waals surface area contributed by atoms with Crippen molar-refractivity contribution in [3.63, 3.8) is 0 Å². The molecule has 6 heteroatoms. The number of aromatic nitrogens is 1. The number of aromatic amines is 1. The van der Waals surface area contributed by atoms with E-state index in [0.29, 0.717) is 27.1 Å². The van der Waals surface area contributed by atoms with Gasteiger partial charge in [0.15, 0.2) is 0 Å². The van der Waals surface area contributed by atoms with E-state index in [1.54, 1.807) is 30.5 Å². The fraction of sp³-hybridized carbons (Fsp3) is 0. The normalized spacial score (nSPS) is 10.2. The van der Waals surface area contributed by atoms with E-state index >= 15 is 0 Å². The summed E-state index contributed by atoms with van der Waals surface area (Å²) in [6, 6.07) is 6.35. The van der Waals surface area contributed by atoms with Gasteiger partial charge in [-0.05, 0) is 24.3 Å². The predicted octanol–water partition coefficient (Wildman–Crippen LogP) is 3.16. The second kappa shape index (κ2) is 4.69. The number of benzene rings is 1. The van der Waals surface area contributed by atoms with Crippen LogP contribution in [0.3, 0.4) is 0 Å². The van der Waals surface area contributed by atoms with Crippen molar-refractivity contribution in [2.45, 2.75) is 0 Å². The van der Waals surface area contributed by atoms with Crippen LogP contribution >= 0.6 is 23.2 Å². The molecule has 2 rings (SSSR count). The van der Waals surface area contributed by atoms with Crippen LogP contribution in [-0.2, 0) is 0 Å². The molecule has 0 fully saturated rings. The van der Waals surface area contributed by atoms with Gasteiger partial charge in [-0.15, -0.1) is 0 Å². The molecule has 2 aromatic rings. The first-order valence-electron chi connectivity index (χ1n) is 4.76. The van der Waals surface area contributed by atoms with Crippen molar-refractivity contribution in [2.24, 2.45) is 0 Å². The van der Waals surface area contributed by atoms with E-state index in [9.17, 15) is 4.79 Å². The summed E-state index contributed by atoms with van der Waals surface area (Å²) in [7, 11) is 0. The number of halogens is 2. The summed E-state index contributed by atoms with van der Waals surface area (Å²) < 4.78 is 0. The molecule has 0 aliphatic carbocycles. The monoisotopic (exact) mass is 269 g/mol. The molecule has 0 atom stereocenters. The molecule has 1 aromatic heterocycles. The van der Waals surface area contributed by atoms with Crippen molar-refractivity contribution in [1.82, 2.24) is 4.98 Å². The molecule has 0 aliphatic heterocycles. The third-order valence-corrected chi connectivity index (χ3v) is 2.51. The molecule has 0 aliphatic rings. The van der Waals surface area contributed by atoms with Gasteiger partial charge in [0.1, 0.15) is 5.69 Å². The maximum Gasteiger partial charge on any atom is 0.272 e. The van der Waals surface area contributed by atoms with Crippen molar-refractivity contribution < 1.29 is 4.79 Å². The third kappa shape index (κ3) is 2.93. The quantitative estimate of drug-likeness (QED) is 0.784. The zero-order valence-electron chi connectivity index (χ0n) is 8.63. The molecule has 0 saturated carbocycles. The number of nitrogens with two attached hydrogens (primary N) is 1. The van der Waals surface area contributed by atoms with E-state index in [1.165, 1.54) is 0 Å². The smallest absolute Gasteiger partial charge is 0.272 e. The van der Waals surface area contributed by atoms with E-state index in [2.05, 4.69) is 10.3 Å². The molecule has 88 valence electrons. The zero-order valence-corrected chi connectivity index (χ0v) is 10.1. The molecule has 4 nitrogen and oxygen atoms in total. The summed E-state index contributed by atoms with van der Waals surface area (Å²) in [4.78, 5) is 14.5. The third-order valence-electron chi connectivity index (χ3n) is 2.07. The standard InChI is InChI=1S/C11H9Cl2N3O/c12-6-1-7(13)3-9(2-6)16-11(17)10-4-8(14)5-15-10/h1-5,15H,14H2,(H,16,17). The maximum atomic E-state index is 11.8. The highest BCUT2D eigenvalue weighted by molar-refractivity contribution is 6.35. The summed E-state index contributed by atoms with van der Waals surface area (Å²) in [5.74, 6) is -0.306. The Balaban J connectivity index is 2.18. The van der Waals surface area contributed by atoms with Gasteiger partial charge in [0.2, 0.25) is 0 Å². The minimum atomic E-state index is -0.306. The lowest BCUT2D eigenvalue weighted by molar-refractivity contribution is 0.102. The Morgan fingerprint density at radius 1 is 1.18 bits per heavy atom. The van der Waals surface area contributed by atoms with E-state index in [4.69, 9.17) is 28.9 Å². The lowest BCUT2D eigenvalue weighted by Crippen LogP contribution is -2.12. The Kier molecular flexibility index (Phi) is 3.26. The average molecular weight is 270 g/mol. The van der Waals surface area contributed by atoms with Crippen LogP contribution in [0.15, 0.2) is 30.5 Å². The molecule has 0 bridgehead atoms. The fourth-order valence-corrected chi connectivity index (χ4v) is 1.89. The lowest BCUT2D eigenvalue weighted by atomic mass is 10.3. The summed E-state index contributed by atoms with van der Waals surface area (Å²) in [5, 5.41) is 3.57. The van der Waals surface area contributed by atoms with E-state index in [0.717, 1.165) is 0 Å². The van der Waals surface area contributed by atoms with Crippen molar-refractivity contribution >= 4 is 40.5 Å². The number of hydrogen-bond donors (Lipinski definition) is 3. The maximum absolute atomic E-state index is 11.8. The van der Waals surface area contributed by atoms with Crippen LogP contribution in [-0.4, -0.2) is 10.9 Å². The van der Waals surface area contributed by atoms with Gasteiger partial charge >= 0.3 is 0 Å². The van der Waals surface area contributed by atoms with Gasteiger partial charge in [0, 0.05) is 27.6 Å². The fourth-order valence-electron chi connectivity index (χ4n) is 1.37. The minimum Gasteiger partial charge on any atom is -0.397 e. The molecular weight excluding hydrogens is 261 g/mol. The second-order valence-electron chi connectivity index (χ2n) is 3.46. The van der Waals surface area contributed by atoms with Gasteiger partial charge in [-0.1, -0.05) is 23.2 Å². The van der Waals surface area contributed by atoms with Gasteiger partial charge in [-0.2, -0.15) is 0 Å². The summed E-state index contributed by atoms with van der Waals surface area (Å²) in [6.07, 6.45) is 1.54. The largest absolute Gasteiger partial charge is 0.397 e. The highest BCUT2D eigenvalue weighted by Crippen LogP contribution is 2.22. The Bertz CT molecular complexity index is 545. The summed E-state index contributed by atoms with van der Waals surface area (Å²) in [6.45, 7) is 0. The number of H-pyrrole nitrogens is 1. The van der Waals surface area contributed by atoms with Crippen molar-refractivity contribution in [3.8, 4) is 0 Å². The van der Waals surface area contributed by atoms with Gasteiger partial charge in [0.25, 0.3) is 5.91 Å². The van der Waals surface area contributed by atoms with Crippen LogP contribution in [0.5, 0.6) is 0 Å². The molecule has 1 amide bonds. The number of anilines is 2. The number of hydrogen-bond acceptors (Lipinski definition) is 2. The summed E-state index contributed by atoms with van der Waals surface area (Å²) in [5.41, 5.74) is 6.91. The number of carbonyl (C=O) groups is 1. The predicted molar refractivity (Wildman–Crippen MR) is 69.6 cm³/mol. The topological polar surface area (TPSA) is 70.9 Å². The van der Waals surface area contributed by atoms with Crippen LogP contribution in [0.1, 0.15) is 10.5 Å². The van der Waals surface area contributed by atoms with Crippen LogP contribution in [0.25, 0.3) is 0 Å². The van der Waals surface area contributed by atoms with Crippen molar-refractivity contribution in [1.29, 1.82) is 0 Å². The number of rotatable bonds is 2. The molecule has 0 saturated heterocycles. The molecule has 0 unspecified atom stereocenters. The number of nitrogen functional groups attached to an aromatic ring is 1. The first-order valence-corrected chi connectivity index (χ1v) is 5.51. The van der Waals surface area contributed by atoms with E-state index in [1.807, 2.05) is 0 Å². The SMILES string of the molecule is Nc1c[nH]c(C(=O)Nc2cc(Cl)cc(Cl)c2)c1. The van der Waals surface area contributed by atoms with Crippen LogP contribution in [0.2, 0.25) is 10.0 Å². The summed E-state index contributed by atoms with van der Waals surface area (Å²) >= 11 is 11.6. The Morgan fingerprint density at radius 3 is 2.35 bits per heavy atom. The highest BCUT2D eigenvalue weighted by Gasteiger charge is 2.08. The molecule has 1 heterocycles. The second-order valence-corrected chi connectivity index (χ2v) is 4.33. The molecule has 0 radical (unpaired) electrons. The Labute approximate surface area is 108 Å². The van der Waals surface area contributed by atoms with E-state index < -0.39 is 0 Å². The lowest BCUT2D eigenvalue weighted by Gasteiger charge is -2.04. The molecule has 1 aromatic carbocycles. The first kappa shape index (κ1) is 11.8. The minimum absolute atomic E-state index is 0.306. The average Bonchev–Trinajstić information content (AvgIpc) is 2.63. The Hall–Kier alpha value is -1.65. The number of nitrogens with one attached hydrogen (secondary N) is 2. The Morgan fingerprint density at radius 2 is 1.82 bits per heavy atom. The molecular formula is C11H9Cl2N3O. The van der Waals surface area contributed by atoms with Gasteiger partial charge in [-0.25, -0.2) is 0 Å².